The minimum Gasteiger partial charge on any atom is -0.364 e. The van der Waals surface area contributed by atoms with Crippen molar-refractivity contribution in [3.8, 4) is 0 Å². The van der Waals surface area contributed by atoms with Gasteiger partial charge in [-0.2, -0.15) is 5.10 Å². The lowest BCUT2D eigenvalue weighted by atomic mass is 10.1. The van der Waals surface area contributed by atoms with Crippen molar-refractivity contribution in [1.29, 1.82) is 0 Å². The molecule has 0 spiro atoms. The summed E-state index contributed by atoms with van der Waals surface area (Å²) in [4.78, 5) is 4.40. The van der Waals surface area contributed by atoms with Gasteiger partial charge in [-0.05, 0) is 30.5 Å². The standard InChI is InChI=1S/C16H18N4/c1-3-13-4-6-14(7-5-13)11-18-16-15-10-12(2)19-20(15)9-8-17-16/h4-10H,3,11H2,1-2H3,(H,17,18). The number of nitrogens with zero attached hydrogens (tertiary/aromatic N) is 3. The Hall–Kier alpha value is -2.36. The summed E-state index contributed by atoms with van der Waals surface area (Å²) in [5.74, 6) is 0.868. The number of fused-ring (bicyclic) bond motifs is 1. The summed E-state index contributed by atoms with van der Waals surface area (Å²) in [5.41, 5.74) is 4.62. The predicted octanol–water partition coefficient (Wildman–Crippen LogP) is 3.21. The van der Waals surface area contributed by atoms with E-state index in [2.05, 4.69) is 46.6 Å². The van der Waals surface area contributed by atoms with E-state index >= 15 is 0 Å². The van der Waals surface area contributed by atoms with Crippen LogP contribution in [-0.4, -0.2) is 14.6 Å². The van der Waals surface area contributed by atoms with E-state index in [-0.39, 0.29) is 0 Å². The van der Waals surface area contributed by atoms with E-state index in [9.17, 15) is 0 Å². The lowest BCUT2D eigenvalue weighted by Crippen LogP contribution is -2.03. The summed E-state index contributed by atoms with van der Waals surface area (Å²) < 4.78 is 1.85. The van der Waals surface area contributed by atoms with Gasteiger partial charge < -0.3 is 5.32 Å². The average Bonchev–Trinajstić information content (AvgIpc) is 2.86. The minimum absolute atomic E-state index is 0.765. The van der Waals surface area contributed by atoms with Gasteiger partial charge in [-0.1, -0.05) is 31.2 Å². The second-order valence-electron chi connectivity index (χ2n) is 4.91. The van der Waals surface area contributed by atoms with Gasteiger partial charge in [-0.15, -0.1) is 0 Å². The number of hydrogen-bond acceptors (Lipinski definition) is 3. The maximum absolute atomic E-state index is 4.40. The van der Waals surface area contributed by atoms with Crippen molar-refractivity contribution >= 4 is 11.3 Å². The monoisotopic (exact) mass is 266 g/mol. The first-order valence-corrected chi connectivity index (χ1v) is 6.89. The van der Waals surface area contributed by atoms with E-state index in [0.29, 0.717) is 0 Å². The molecule has 20 heavy (non-hydrogen) atoms. The van der Waals surface area contributed by atoms with Crippen molar-refractivity contribution < 1.29 is 0 Å². The summed E-state index contributed by atoms with van der Waals surface area (Å²) in [7, 11) is 0. The molecule has 102 valence electrons. The van der Waals surface area contributed by atoms with Crippen LogP contribution in [0.5, 0.6) is 0 Å². The van der Waals surface area contributed by atoms with Crippen molar-refractivity contribution in [3.63, 3.8) is 0 Å². The van der Waals surface area contributed by atoms with Crippen LogP contribution in [0.15, 0.2) is 42.7 Å². The Kier molecular flexibility index (Phi) is 3.37. The zero-order valence-corrected chi connectivity index (χ0v) is 11.8. The highest BCUT2D eigenvalue weighted by Gasteiger charge is 2.04. The van der Waals surface area contributed by atoms with Gasteiger partial charge in [0.15, 0.2) is 5.82 Å². The molecule has 3 rings (SSSR count). The van der Waals surface area contributed by atoms with Crippen LogP contribution in [0.25, 0.3) is 5.52 Å². The third-order valence-corrected chi connectivity index (χ3v) is 3.40. The van der Waals surface area contributed by atoms with Gasteiger partial charge in [0.1, 0.15) is 5.52 Å². The predicted molar refractivity (Wildman–Crippen MR) is 80.9 cm³/mol. The fourth-order valence-corrected chi connectivity index (χ4v) is 2.26. The molecule has 2 heterocycles. The maximum Gasteiger partial charge on any atom is 0.152 e. The van der Waals surface area contributed by atoms with Gasteiger partial charge in [0.25, 0.3) is 0 Å². The molecule has 0 aliphatic carbocycles. The van der Waals surface area contributed by atoms with Gasteiger partial charge in [0.2, 0.25) is 0 Å². The molecule has 0 amide bonds. The van der Waals surface area contributed by atoms with E-state index in [4.69, 9.17) is 0 Å². The number of benzene rings is 1. The number of aromatic nitrogens is 3. The number of anilines is 1. The third kappa shape index (κ3) is 2.50. The Morgan fingerprint density at radius 2 is 1.90 bits per heavy atom. The van der Waals surface area contributed by atoms with Crippen LogP contribution < -0.4 is 5.32 Å². The molecule has 0 fully saturated rings. The van der Waals surface area contributed by atoms with E-state index in [0.717, 1.165) is 30.0 Å². The minimum atomic E-state index is 0.765. The first-order valence-electron chi connectivity index (χ1n) is 6.89. The second kappa shape index (κ2) is 5.33. The van der Waals surface area contributed by atoms with Crippen molar-refractivity contribution in [2.24, 2.45) is 0 Å². The molecular formula is C16H18N4. The topological polar surface area (TPSA) is 42.2 Å². The summed E-state index contributed by atoms with van der Waals surface area (Å²) in [5, 5.41) is 7.77. The summed E-state index contributed by atoms with van der Waals surface area (Å²) in [6.45, 7) is 4.92. The van der Waals surface area contributed by atoms with Crippen LogP contribution in [0.3, 0.4) is 0 Å². The molecule has 1 aromatic carbocycles. The third-order valence-electron chi connectivity index (χ3n) is 3.40. The maximum atomic E-state index is 4.40. The van der Waals surface area contributed by atoms with Crippen LogP contribution in [-0.2, 0) is 13.0 Å². The molecule has 1 N–H and O–H groups in total. The van der Waals surface area contributed by atoms with Crippen molar-refractivity contribution in [2.45, 2.75) is 26.8 Å². The van der Waals surface area contributed by atoms with Crippen molar-refractivity contribution in [2.75, 3.05) is 5.32 Å². The van der Waals surface area contributed by atoms with Crippen LogP contribution in [0, 0.1) is 6.92 Å². The fraction of sp³-hybridized carbons (Fsp3) is 0.250. The summed E-state index contributed by atoms with van der Waals surface area (Å²) >= 11 is 0. The molecule has 2 aromatic heterocycles. The number of aryl methyl sites for hydroxylation is 2. The largest absolute Gasteiger partial charge is 0.364 e. The van der Waals surface area contributed by atoms with Gasteiger partial charge in [-0.3, -0.25) is 0 Å². The Morgan fingerprint density at radius 1 is 1.15 bits per heavy atom. The molecule has 0 saturated heterocycles. The molecule has 0 unspecified atom stereocenters. The average molecular weight is 266 g/mol. The zero-order valence-electron chi connectivity index (χ0n) is 11.8. The Bertz CT molecular complexity index is 713. The SMILES string of the molecule is CCc1ccc(CNc2nccn3nc(C)cc23)cc1. The highest BCUT2D eigenvalue weighted by Crippen LogP contribution is 2.16. The van der Waals surface area contributed by atoms with E-state index in [1.807, 2.05) is 23.7 Å². The second-order valence-corrected chi connectivity index (χ2v) is 4.91. The van der Waals surface area contributed by atoms with Crippen LogP contribution in [0.1, 0.15) is 23.7 Å². The Morgan fingerprint density at radius 3 is 2.65 bits per heavy atom. The molecule has 0 aliphatic rings. The highest BCUT2D eigenvalue weighted by atomic mass is 15.2. The van der Waals surface area contributed by atoms with Gasteiger partial charge in [0, 0.05) is 18.9 Å². The van der Waals surface area contributed by atoms with Crippen LogP contribution >= 0.6 is 0 Å². The van der Waals surface area contributed by atoms with Gasteiger partial charge >= 0.3 is 0 Å². The molecule has 0 aliphatic heterocycles. The smallest absolute Gasteiger partial charge is 0.152 e. The highest BCUT2D eigenvalue weighted by molar-refractivity contribution is 5.67. The lowest BCUT2D eigenvalue weighted by Gasteiger charge is -2.07. The van der Waals surface area contributed by atoms with Crippen molar-refractivity contribution in [1.82, 2.24) is 14.6 Å². The lowest BCUT2D eigenvalue weighted by molar-refractivity contribution is 0.920. The zero-order chi connectivity index (χ0) is 13.9. The number of nitrogens with one attached hydrogen (secondary N) is 1. The van der Waals surface area contributed by atoms with Gasteiger partial charge in [0.05, 0.1) is 5.69 Å². The normalized spacial score (nSPS) is 10.9. The molecule has 4 nitrogen and oxygen atoms in total. The number of hydrogen-bond donors (Lipinski definition) is 1. The van der Waals surface area contributed by atoms with Gasteiger partial charge in [-0.25, -0.2) is 9.50 Å². The van der Waals surface area contributed by atoms with E-state index < -0.39 is 0 Å². The quantitative estimate of drug-likeness (QED) is 0.788. The molecule has 3 aromatic rings. The summed E-state index contributed by atoms with van der Waals surface area (Å²) in [6, 6.07) is 10.7. The Balaban J connectivity index is 1.79. The van der Waals surface area contributed by atoms with Crippen LogP contribution in [0.4, 0.5) is 5.82 Å². The molecule has 4 heteroatoms. The molecular weight excluding hydrogens is 248 g/mol. The molecule has 0 atom stereocenters. The summed E-state index contributed by atoms with van der Waals surface area (Å²) in [6.07, 6.45) is 4.70. The first-order chi connectivity index (χ1) is 9.76. The van der Waals surface area contributed by atoms with Crippen molar-refractivity contribution in [3.05, 3.63) is 59.5 Å². The molecule has 0 saturated carbocycles. The molecule has 0 radical (unpaired) electrons. The van der Waals surface area contributed by atoms with Crippen LogP contribution in [0.2, 0.25) is 0 Å². The fourth-order valence-electron chi connectivity index (χ4n) is 2.26. The number of rotatable bonds is 4. The van der Waals surface area contributed by atoms with E-state index in [1.165, 1.54) is 11.1 Å². The molecule has 0 bridgehead atoms. The Labute approximate surface area is 118 Å². The van der Waals surface area contributed by atoms with E-state index in [1.54, 1.807) is 6.20 Å². The first kappa shape index (κ1) is 12.7.